The molecule has 2 heterocycles. The predicted octanol–water partition coefficient (Wildman–Crippen LogP) is 0.102. The van der Waals surface area contributed by atoms with Gasteiger partial charge in [-0.05, 0) is 5.92 Å². The molecule has 0 amide bonds. The highest BCUT2D eigenvalue weighted by Crippen LogP contribution is 2.16. The molecule has 0 fully saturated rings. The molecule has 0 spiro atoms. The Hall–Kier alpha value is -1.98. The van der Waals surface area contributed by atoms with Crippen molar-refractivity contribution in [3.63, 3.8) is 0 Å². The number of hydrogen-bond acceptors (Lipinski definition) is 4. The Morgan fingerprint density at radius 3 is 2.41 bits per heavy atom. The normalized spacial score (nSPS) is 11.4. The Morgan fingerprint density at radius 2 is 1.82 bits per heavy atom. The van der Waals surface area contributed by atoms with Crippen LogP contribution in [0.15, 0.2) is 15.8 Å². The van der Waals surface area contributed by atoms with E-state index in [0.717, 1.165) is 10.3 Å². The van der Waals surface area contributed by atoms with Gasteiger partial charge in [-0.15, -0.1) is 0 Å². The molecule has 2 aliphatic rings. The van der Waals surface area contributed by atoms with Gasteiger partial charge < -0.3 is 4.57 Å². The zero-order chi connectivity index (χ0) is 12.7. The third-order valence-electron chi connectivity index (χ3n) is 2.70. The first kappa shape index (κ1) is 11.5. The minimum Gasteiger partial charge on any atom is -0.332 e. The van der Waals surface area contributed by atoms with Gasteiger partial charge in [-0.3, -0.25) is 9.36 Å². The highest BCUT2D eigenvalue weighted by molar-refractivity contribution is 5.49. The van der Waals surface area contributed by atoms with E-state index in [0.29, 0.717) is 5.82 Å². The van der Waals surface area contributed by atoms with Gasteiger partial charge in [0.15, 0.2) is 11.5 Å². The van der Waals surface area contributed by atoms with E-state index in [4.69, 9.17) is 0 Å². The average molecular weight is 234 g/mol. The van der Waals surface area contributed by atoms with E-state index in [9.17, 15) is 9.59 Å². The zero-order valence-corrected chi connectivity index (χ0v) is 10.3. The number of hydrogen-bond donors (Lipinski definition) is 0. The molecule has 0 aromatic rings. The first-order chi connectivity index (χ1) is 7.91. The molecule has 0 unspecified atom stereocenters. The van der Waals surface area contributed by atoms with Crippen molar-refractivity contribution >= 4 is 0 Å². The minimum atomic E-state index is -0.558. The first-order valence-corrected chi connectivity index (χ1v) is 5.36. The van der Waals surface area contributed by atoms with Crippen molar-refractivity contribution in [3.05, 3.63) is 32.7 Å². The molecule has 6 heteroatoms. The monoisotopic (exact) mass is 234 g/mol. The SMILES string of the molecule is CC(C)c1cn(C)c2nc(=O)n(C)c(=O)c-2n1. The van der Waals surface area contributed by atoms with Gasteiger partial charge in [-0.1, -0.05) is 13.8 Å². The molecule has 2 aliphatic heterocycles. The fourth-order valence-corrected chi connectivity index (χ4v) is 1.60. The summed E-state index contributed by atoms with van der Waals surface area (Å²) in [6.07, 6.45) is 1.79. The minimum absolute atomic E-state index is 0.210. The molecule has 17 heavy (non-hydrogen) atoms. The lowest BCUT2D eigenvalue weighted by Gasteiger charge is -2.13. The van der Waals surface area contributed by atoms with Crippen LogP contribution in [-0.2, 0) is 14.1 Å². The second-order valence-corrected chi connectivity index (χ2v) is 4.36. The molecule has 0 aliphatic carbocycles. The second kappa shape index (κ2) is 3.80. The van der Waals surface area contributed by atoms with Gasteiger partial charge in [0.1, 0.15) is 0 Å². The molecule has 0 saturated heterocycles. The highest BCUT2D eigenvalue weighted by Gasteiger charge is 2.18. The lowest BCUT2D eigenvalue weighted by Crippen LogP contribution is -2.36. The Morgan fingerprint density at radius 1 is 1.18 bits per heavy atom. The van der Waals surface area contributed by atoms with Gasteiger partial charge in [-0.25, -0.2) is 9.78 Å². The van der Waals surface area contributed by atoms with Crippen LogP contribution in [0.2, 0.25) is 0 Å². The third-order valence-corrected chi connectivity index (χ3v) is 2.70. The number of fused-ring (bicyclic) bond motifs is 1. The fourth-order valence-electron chi connectivity index (χ4n) is 1.60. The van der Waals surface area contributed by atoms with Crippen molar-refractivity contribution < 1.29 is 0 Å². The smallest absolute Gasteiger partial charge is 0.332 e. The summed E-state index contributed by atoms with van der Waals surface area (Å²) < 4.78 is 2.64. The summed E-state index contributed by atoms with van der Waals surface area (Å²) in [5.41, 5.74) is 0.0774. The molecule has 0 radical (unpaired) electrons. The molecule has 0 atom stereocenters. The van der Waals surface area contributed by atoms with Crippen molar-refractivity contribution in [2.45, 2.75) is 19.8 Å². The van der Waals surface area contributed by atoms with Crippen LogP contribution in [0.3, 0.4) is 0 Å². The summed E-state index contributed by atoms with van der Waals surface area (Å²) in [4.78, 5) is 31.5. The van der Waals surface area contributed by atoms with Gasteiger partial charge in [0.05, 0.1) is 5.69 Å². The lowest BCUT2D eigenvalue weighted by atomic mass is 10.1. The van der Waals surface area contributed by atoms with Crippen LogP contribution in [0.25, 0.3) is 11.5 Å². The predicted molar refractivity (Wildman–Crippen MR) is 63.2 cm³/mol. The summed E-state index contributed by atoms with van der Waals surface area (Å²) in [6, 6.07) is 0. The number of nitrogens with zero attached hydrogens (tertiary/aromatic N) is 4. The average Bonchev–Trinajstić information content (AvgIpc) is 2.27. The summed E-state index contributed by atoms with van der Waals surface area (Å²) >= 11 is 0. The summed E-state index contributed by atoms with van der Waals surface area (Å²) in [5, 5.41) is 0. The van der Waals surface area contributed by atoms with Crippen LogP contribution in [0.1, 0.15) is 25.5 Å². The second-order valence-electron chi connectivity index (χ2n) is 4.36. The quantitative estimate of drug-likeness (QED) is 0.701. The Kier molecular flexibility index (Phi) is 2.57. The van der Waals surface area contributed by atoms with Crippen LogP contribution in [0, 0.1) is 0 Å². The van der Waals surface area contributed by atoms with E-state index in [1.807, 2.05) is 13.8 Å². The van der Waals surface area contributed by atoms with Crippen LogP contribution in [0.5, 0.6) is 0 Å². The van der Waals surface area contributed by atoms with Crippen molar-refractivity contribution in [3.8, 4) is 11.5 Å². The third kappa shape index (κ3) is 1.75. The zero-order valence-electron chi connectivity index (χ0n) is 10.3. The van der Waals surface area contributed by atoms with Crippen molar-refractivity contribution in [1.29, 1.82) is 0 Å². The van der Waals surface area contributed by atoms with E-state index in [1.165, 1.54) is 7.05 Å². The number of aromatic nitrogens is 4. The maximum absolute atomic E-state index is 11.9. The van der Waals surface area contributed by atoms with Crippen LogP contribution in [-0.4, -0.2) is 19.1 Å². The van der Waals surface area contributed by atoms with Gasteiger partial charge in [0.2, 0.25) is 0 Å². The molecular weight excluding hydrogens is 220 g/mol. The summed E-state index contributed by atoms with van der Waals surface area (Å²) in [5.74, 6) is 0.532. The van der Waals surface area contributed by atoms with Gasteiger partial charge >= 0.3 is 5.69 Å². The van der Waals surface area contributed by atoms with Gasteiger partial charge in [-0.2, -0.15) is 4.98 Å². The van der Waals surface area contributed by atoms with Crippen LogP contribution < -0.4 is 11.2 Å². The maximum Gasteiger partial charge on any atom is 0.352 e. The molecular formula is C11H14N4O2. The maximum atomic E-state index is 11.9. The largest absolute Gasteiger partial charge is 0.352 e. The fraction of sp³-hybridized carbons (Fsp3) is 0.455. The van der Waals surface area contributed by atoms with E-state index in [1.54, 1.807) is 17.8 Å². The van der Waals surface area contributed by atoms with E-state index >= 15 is 0 Å². The van der Waals surface area contributed by atoms with E-state index in [2.05, 4.69) is 9.97 Å². The Labute approximate surface area is 97.9 Å². The molecule has 6 nitrogen and oxygen atoms in total. The van der Waals surface area contributed by atoms with Crippen LogP contribution in [0.4, 0.5) is 0 Å². The van der Waals surface area contributed by atoms with Crippen molar-refractivity contribution in [2.75, 3.05) is 0 Å². The topological polar surface area (TPSA) is 69.8 Å². The van der Waals surface area contributed by atoms with Gasteiger partial charge in [0.25, 0.3) is 5.56 Å². The summed E-state index contributed by atoms with van der Waals surface area (Å²) in [6.45, 7) is 3.99. The van der Waals surface area contributed by atoms with E-state index < -0.39 is 11.2 Å². The molecule has 2 rings (SSSR count). The lowest BCUT2D eigenvalue weighted by molar-refractivity contribution is 0.713. The Bertz CT molecular complexity index is 654. The standard InChI is InChI=1S/C11H14N4O2/c1-6(2)7-5-14(3)9-8(12-7)10(16)15(4)11(17)13-9/h5-6H,1-4H3. The molecule has 0 saturated carbocycles. The summed E-state index contributed by atoms with van der Waals surface area (Å²) in [7, 11) is 3.16. The molecule has 0 bridgehead atoms. The molecule has 0 aromatic heterocycles. The van der Waals surface area contributed by atoms with Crippen molar-refractivity contribution in [2.24, 2.45) is 14.1 Å². The first-order valence-electron chi connectivity index (χ1n) is 5.36. The molecule has 90 valence electrons. The van der Waals surface area contributed by atoms with Crippen molar-refractivity contribution in [1.82, 2.24) is 19.1 Å². The van der Waals surface area contributed by atoms with Crippen LogP contribution >= 0.6 is 0 Å². The highest BCUT2D eigenvalue weighted by atomic mass is 16.2. The molecule has 0 N–H and O–H groups in total. The number of rotatable bonds is 1. The van der Waals surface area contributed by atoms with E-state index in [-0.39, 0.29) is 11.6 Å². The van der Waals surface area contributed by atoms with Gasteiger partial charge in [0, 0.05) is 20.3 Å². The Balaban J connectivity index is 2.93. The number of aryl methyl sites for hydroxylation is 1. The molecule has 0 aromatic carbocycles.